The van der Waals surface area contributed by atoms with Crippen molar-refractivity contribution in [2.75, 3.05) is 32.1 Å². The summed E-state index contributed by atoms with van der Waals surface area (Å²) in [4.78, 5) is 11.9. The SMILES string of the molecule is CN(C)c1ncc(CN2CCC(c3nc(-c4ccc(F)cc4)no3)(C(F)(F)F)C2)n1C. The highest BCUT2D eigenvalue weighted by atomic mass is 19.4. The van der Waals surface area contributed by atoms with Crippen LogP contribution in [-0.4, -0.2) is 58.0 Å². The molecule has 1 aliphatic heterocycles. The van der Waals surface area contributed by atoms with Crippen molar-refractivity contribution in [2.45, 2.75) is 24.6 Å². The first-order valence-corrected chi connectivity index (χ1v) is 9.68. The number of imidazole rings is 1. The molecule has 2 aromatic heterocycles. The first-order chi connectivity index (χ1) is 14.6. The van der Waals surface area contributed by atoms with E-state index in [0.717, 1.165) is 11.6 Å². The van der Waals surface area contributed by atoms with E-state index in [1.807, 2.05) is 30.6 Å². The molecule has 31 heavy (non-hydrogen) atoms. The molecule has 0 aliphatic carbocycles. The highest BCUT2D eigenvalue weighted by Crippen LogP contribution is 2.47. The van der Waals surface area contributed by atoms with Gasteiger partial charge in [-0.05, 0) is 30.7 Å². The molecule has 3 aromatic rings. The second-order valence-electron chi connectivity index (χ2n) is 7.97. The zero-order chi connectivity index (χ0) is 22.4. The summed E-state index contributed by atoms with van der Waals surface area (Å²) < 4.78 is 62.8. The van der Waals surface area contributed by atoms with E-state index in [1.54, 1.807) is 11.1 Å². The largest absolute Gasteiger partial charge is 0.404 e. The fourth-order valence-electron chi connectivity index (χ4n) is 3.91. The van der Waals surface area contributed by atoms with Crippen LogP contribution in [-0.2, 0) is 19.0 Å². The van der Waals surface area contributed by atoms with Gasteiger partial charge in [-0.1, -0.05) is 5.16 Å². The van der Waals surface area contributed by atoms with Crippen molar-refractivity contribution in [3.05, 3.63) is 47.9 Å². The van der Waals surface area contributed by atoms with Gasteiger partial charge in [0.05, 0.1) is 11.9 Å². The van der Waals surface area contributed by atoms with E-state index in [9.17, 15) is 17.6 Å². The number of benzene rings is 1. The maximum absolute atomic E-state index is 14.2. The number of hydrogen-bond donors (Lipinski definition) is 0. The van der Waals surface area contributed by atoms with Crippen LogP contribution in [0.1, 0.15) is 18.0 Å². The second kappa shape index (κ2) is 7.63. The molecule has 0 spiro atoms. The Morgan fingerprint density at radius 1 is 1.19 bits per heavy atom. The van der Waals surface area contributed by atoms with Gasteiger partial charge in [-0.2, -0.15) is 18.2 Å². The highest BCUT2D eigenvalue weighted by molar-refractivity contribution is 5.54. The smallest absolute Gasteiger partial charge is 0.348 e. The van der Waals surface area contributed by atoms with Gasteiger partial charge in [-0.15, -0.1) is 0 Å². The summed E-state index contributed by atoms with van der Waals surface area (Å²) in [5.41, 5.74) is -1.07. The van der Waals surface area contributed by atoms with Crippen molar-refractivity contribution >= 4 is 5.95 Å². The van der Waals surface area contributed by atoms with Gasteiger partial charge in [0, 0.05) is 46.3 Å². The zero-order valence-corrected chi connectivity index (χ0v) is 17.3. The van der Waals surface area contributed by atoms with Crippen LogP contribution in [0.2, 0.25) is 0 Å². The first kappa shape index (κ1) is 21.3. The molecule has 0 bridgehead atoms. The van der Waals surface area contributed by atoms with E-state index >= 15 is 0 Å². The number of halogens is 4. The van der Waals surface area contributed by atoms with Gasteiger partial charge in [0.25, 0.3) is 0 Å². The molecule has 1 aliphatic rings. The predicted molar refractivity (Wildman–Crippen MR) is 105 cm³/mol. The summed E-state index contributed by atoms with van der Waals surface area (Å²) in [6, 6.07) is 5.18. The average molecular weight is 438 g/mol. The fourth-order valence-corrected chi connectivity index (χ4v) is 3.91. The van der Waals surface area contributed by atoms with Crippen molar-refractivity contribution in [1.82, 2.24) is 24.6 Å². The minimum Gasteiger partial charge on any atom is -0.348 e. The van der Waals surface area contributed by atoms with E-state index in [2.05, 4.69) is 15.1 Å². The molecule has 0 saturated carbocycles. The van der Waals surface area contributed by atoms with Crippen LogP contribution < -0.4 is 4.90 Å². The lowest BCUT2D eigenvalue weighted by Crippen LogP contribution is -2.45. The van der Waals surface area contributed by atoms with E-state index < -0.39 is 23.3 Å². The quantitative estimate of drug-likeness (QED) is 0.569. The summed E-state index contributed by atoms with van der Waals surface area (Å²) in [5, 5.41) is 3.72. The third-order valence-electron chi connectivity index (χ3n) is 5.67. The number of alkyl halides is 3. The van der Waals surface area contributed by atoms with Gasteiger partial charge in [-0.3, -0.25) is 4.90 Å². The number of nitrogens with zero attached hydrogens (tertiary/aromatic N) is 6. The monoisotopic (exact) mass is 438 g/mol. The summed E-state index contributed by atoms with van der Waals surface area (Å²) >= 11 is 0. The molecule has 1 atom stereocenters. The number of rotatable bonds is 5. The maximum atomic E-state index is 14.2. The van der Waals surface area contributed by atoms with Gasteiger partial charge in [0.15, 0.2) is 5.41 Å². The van der Waals surface area contributed by atoms with Gasteiger partial charge in [0.2, 0.25) is 17.7 Å². The Labute approximate surface area is 176 Å². The first-order valence-electron chi connectivity index (χ1n) is 9.68. The minimum atomic E-state index is -4.57. The number of hydrogen-bond acceptors (Lipinski definition) is 6. The topological polar surface area (TPSA) is 63.2 Å². The van der Waals surface area contributed by atoms with Crippen molar-refractivity contribution in [3.63, 3.8) is 0 Å². The minimum absolute atomic E-state index is 0.000616. The van der Waals surface area contributed by atoms with Crippen LogP contribution in [0.3, 0.4) is 0 Å². The molecule has 1 unspecified atom stereocenters. The van der Waals surface area contributed by atoms with Gasteiger partial charge in [-0.25, -0.2) is 9.37 Å². The maximum Gasteiger partial charge on any atom is 0.404 e. The summed E-state index contributed by atoms with van der Waals surface area (Å²) in [6.07, 6.45) is -3.10. The van der Waals surface area contributed by atoms with E-state index in [1.165, 1.54) is 24.3 Å². The standard InChI is InChI=1S/C20H22F4N6O/c1-28(2)18-25-10-15(29(18)3)11-30-9-8-19(12-30,20(22,23)24)17-26-16(27-31-17)13-4-6-14(21)7-5-13/h4-7,10H,8-9,11-12H2,1-3H3. The van der Waals surface area contributed by atoms with Crippen molar-refractivity contribution < 1.29 is 22.1 Å². The fraction of sp³-hybridized carbons (Fsp3) is 0.450. The molecular formula is C20H22F4N6O. The number of aromatic nitrogens is 4. The Balaban J connectivity index is 1.60. The predicted octanol–water partition coefficient (Wildman–Crippen LogP) is 3.38. The normalized spacial score (nSPS) is 19.8. The van der Waals surface area contributed by atoms with Crippen LogP contribution in [0.15, 0.2) is 35.0 Å². The Kier molecular flexibility index (Phi) is 5.24. The second-order valence-corrected chi connectivity index (χ2v) is 7.97. The van der Waals surface area contributed by atoms with Crippen molar-refractivity contribution in [1.29, 1.82) is 0 Å². The van der Waals surface area contributed by atoms with E-state index in [0.29, 0.717) is 12.1 Å². The summed E-state index contributed by atoms with van der Waals surface area (Å²) in [6.45, 7) is 0.231. The highest BCUT2D eigenvalue weighted by Gasteiger charge is 2.62. The summed E-state index contributed by atoms with van der Waals surface area (Å²) in [5.74, 6) is -0.212. The molecule has 3 heterocycles. The van der Waals surface area contributed by atoms with Crippen molar-refractivity contribution in [2.24, 2.45) is 7.05 Å². The van der Waals surface area contributed by atoms with Gasteiger partial charge < -0.3 is 14.0 Å². The van der Waals surface area contributed by atoms with Crippen molar-refractivity contribution in [3.8, 4) is 11.4 Å². The zero-order valence-electron chi connectivity index (χ0n) is 17.3. The molecule has 11 heteroatoms. The third kappa shape index (κ3) is 3.78. The molecule has 166 valence electrons. The molecule has 1 fully saturated rings. The molecule has 0 radical (unpaired) electrons. The van der Waals surface area contributed by atoms with Crippen LogP contribution in [0.25, 0.3) is 11.4 Å². The molecule has 0 amide bonds. The Hall–Kier alpha value is -2.95. The Bertz CT molecular complexity index is 1060. The molecule has 7 nitrogen and oxygen atoms in total. The Morgan fingerprint density at radius 2 is 1.90 bits per heavy atom. The lowest BCUT2D eigenvalue weighted by molar-refractivity contribution is -0.193. The molecule has 1 saturated heterocycles. The average Bonchev–Trinajstić information content (AvgIpc) is 3.42. The van der Waals surface area contributed by atoms with Crippen LogP contribution >= 0.6 is 0 Å². The van der Waals surface area contributed by atoms with Crippen LogP contribution in [0.4, 0.5) is 23.5 Å². The lowest BCUT2D eigenvalue weighted by Gasteiger charge is -2.28. The lowest BCUT2D eigenvalue weighted by atomic mass is 9.86. The number of anilines is 1. The number of likely N-dealkylation sites (tertiary alicyclic amines) is 1. The molecular weight excluding hydrogens is 416 g/mol. The van der Waals surface area contributed by atoms with Crippen LogP contribution in [0.5, 0.6) is 0 Å². The van der Waals surface area contributed by atoms with Gasteiger partial charge in [0.1, 0.15) is 5.82 Å². The Morgan fingerprint density at radius 3 is 2.52 bits per heavy atom. The van der Waals surface area contributed by atoms with Gasteiger partial charge >= 0.3 is 6.18 Å². The molecule has 1 aromatic carbocycles. The molecule has 0 N–H and O–H groups in total. The van der Waals surface area contributed by atoms with E-state index in [4.69, 9.17) is 4.52 Å². The third-order valence-corrected chi connectivity index (χ3v) is 5.67. The summed E-state index contributed by atoms with van der Waals surface area (Å²) in [7, 11) is 5.54. The molecule has 4 rings (SSSR count). The van der Waals surface area contributed by atoms with Crippen LogP contribution in [0, 0.1) is 5.82 Å². The van der Waals surface area contributed by atoms with E-state index in [-0.39, 0.29) is 25.3 Å².